The molecule has 2 aromatic heterocycles. The molecule has 12 aromatic carbocycles. The lowest BCUT2D eigenvalue weighted by atomic mass is 9.67. The van der Waals surface area contributed by atoms with Crippen molar-refractivity contribution >= 4 is 72.4 Å². The van der Waals surface area contributed by atoms with Crippen molar-refractivity contribution in [1.82, 2.24) is 9.13 Å². The molecular formula is C73H50N2Si. The average molecular weight is 983 g/mol. The van der Waals surface area contributed by atoms with Gasteiger partial charge >= 0.3 is 0 Å². The van der Waals surface area contributed by atoms with Crippen molar-refractivity contribution in [1.29, 1.82) is 0 Å². The first-order valence-electron chi connectivity index (χ1n) is 26.4. The van der Waals surface area contributed by atoms with Crippen molar-refractivity contribution < 1.29 is 0 Å². The quantitative estimate of drug-likeness (QED) is 0.101. The maximum atomic E-state index is 2.56. The summed E-state index contributed by atoms with van der Waals surface area (Å²) in [7, 11) is -2.72. The van der Waals surface area contributed by atoms with Crippen LogP contribution in [0.2, 0.25) is 0 Å². The summed E-state index contributed by atoms with van der Waals surface area (Å²) in [6, 6.07) is 113. The van der Waals surface area contributed by atoms with E-state index in [1.807, 2.05) is 0 Å². The molecule has 0 bridgehead atoms. The molecule has 1 aliphatic carbocycles. The first-order chi connectivity index (χ1) is 37.7. The Hall–Kier alpha value is -9.54. The molecular weight excluding hydrogens is 933 g/mol. The van der Waals surface area contributed by atoms with E-state index >= 15 is 0 Å². The lowest BCUT2D eigenvalue weighted by Gasteiger charge is -2.34. The zero-order valence-electron chi connectivity index (χ0n) is 41.8. The summed E-state index contributed by atoms with van der Waals surface area (Å²) >= 11 is 0. The SMILES string of the molecule is c1ccc(C2(c3ccccc3)c3ccccc3-c3cc(-c4cccc5c6ccccc6n(-c6cccc7c6c6ccccc6n7-c6ccc([Si](c7ccccc7)(c7ccccc7)c7ccccc7)cc6)c45)ccc32)cc1. The van der Waals surface area contributed by atoms with Crippen LogP contribution < -0.4 is 20.7 Å². The van der Waals surface area contributed by atoms with Crippen LogP contribution in [0.25, 0.3) is 77.2 Å². The number of fused-ring (bicyclic) bond motifs is 9. The molecule has 0 fully saturated rings. The highest BCUT2D eigenvalue weighted by atomic mass is 28.3. The molecule has 0 N–H and O–H groups in total. The van der Waals surface area contributed by atoms with Gasteiger partial charge in [-0.05, 0) is 102 Å². The molecule has 0 radical (unpaired) electrons. The molecule has 0 unspecified atom stereocenters. The molecule has 0 atom stereocenters. The Morgan fingerprint density at radius 2 is 0.750 bits per heavy atom. The monoisotopic (exact) mass is 982 g/mol. The zero-order chi connectivity index (χ0) is 50.2. The minimum absolute atomic E-state index is 0.463. The van der Waals surface area contributed by atoms with Gasteiger partial charge in [0.15, 0.2) is 8.07 Å². The van der Waals surface area contributed by atoms with Gasteiger partial charge in [0.2, 0.25) is 0 Å². The highest BCUT2D eigenvalue weighted by molar-refractivity contribution is 7.19. The largest absolute Gasteiger partial charge is 0.309 e. The normalized spacial score (nSPS) is 12.8. The van der Waals surface area contributed by atoms with Crippen molar-refractivity contribution in [2.75, 3.05) is 0 Å². The van der Waals surface area contributed by atoms with Crippen LogP contribution in [-0.4, -0.2) is 17.2 Å². The highest BCUT2D eigenvalue weighted by Gasteiger charge is 2.46. The number of hydrogen-bond donors (Lipinski definition) is 0. The molecule has 3 heteroatoms. The molecule has 356 valence electrons. The predicted molar refractivity (Wildman–Crippen MR) is 321 cm³/mol. The molecule has 1 aliphatic rings. The van der Waals surface area contributed by atoms with Crippen molar-refractivity contribution in [3.63, 3.8) is 0 Å². The van der Waals surface area contributed by atoms with Crippen LogP contribution in [0.1, 0.15) is 22.3 Å². The van der Waals surface area contributed by atoms with Crippen molar-refractivity contribution in [3.05, 3.63) is 326 Å². The topological polar surface area (TPSA) is 9.86 Å². The van der Waals surface area contributed by atoms with E-state index in [2.05, 4.69) is 312 Å². The van der Waals surface area contributed by atoms with Crippen LogP contribution in [0.4, 0.5) is 0 Å². The highest BCUT2D eigenvalue weighted by Crippen LogP contribution is 2.57. The van der Waals surface area contributed by atoms with Gasteiger partial charge in [0.05, 0.1) is 33.2 Å². The van der Waals surface area contributed by atoms with E-state index in [4.69, 9.17) is 0 Å². The standard InChI is InChI=1S/C73H50N2Si/c1-6-24-52(25-7-1)73(53-26-8-2-9-27-53)65-39-19-16-34-60(65)64-50-51(44-49-66(64)73)59-37-22-38-62-61-35-17-20-40-67(61)75(72(59)62)70-43-23-42-69-71(70)63-36-18-21-41-68(63)74(69)54-45-47-58(48-46-54)76(55-28-10-3-11-29-55,56-30-12-4-13-31-56)57-32-14-5-15-33-57/h1-50H. The third-order valence-corrected chi connectivity index (χ3v) is 21.4. The number of nitrogens with zero attached hydrogens (tertiary/aromatic N) is 2. The molecule has 0 spiro atoms. The summed E-state index contributed by atoms with van der Waals surface area (Å²) < 4.78 is 5.04. The molecule has 14 aromatic rings. The lowest BCUT2D eigenvalue weighted by Crippen LogP contribution is -2.74. The zero-order valence-corrected chi connectivity index (χ0v) is 42.8. The third-order valence-electron chi connectivity index (χ3n) is 16.6. The van der Waals surface area contributed by atoms with Gasteiger partial charge in [-0.2, -0.15) is 0 Å². The van der Waals surface area contributed by atoms with Gasteiger partial charge in [-0.3, -0.25) is 0 Å². The van der Waals surface area contributed by atoms with E-state index in [1.54, 1.807) is 0 Å². The second-order valence-electron chi connectivity index (χ2n) is 20.3. The fraction of sp³-hybridized carbons (Fsp3) is 0.0137. The van der Waals surface area contributed by atoms with E-state index in [1.165, 1.54) is 109 Å². The summed E-state index contributed by atoms with van der Waals surface area (Å²) in [5.41, 5.74) is 16.6. The number of para-hydroxylation sites is 3. The Morgan fingerprint density at radius 3 is 1.38 bits per heavy atom. The van der Waals surface area contributed by atoms with Gasteiger partial charge < -0.3 is 9.13 Å². The number of benzene rings is 12. The average Bonchev–Trinajstić information content (AvgIpc) is 4.26. The molecule has 76 heavy (non-hydrogen) atoms. The van der Waals surface area contributed by atoms with E-state index in [9.17, 15) is 0 Å². The first-order valence-corrected chi connectivity index (χ1v) is 28.4. The van der Waals surface area contributed by atoms with E-state index in [0.717, 1.165) is 11.4 Å². The van der Waals surface area contributed by atoms with Crippen molar-refractivity contribution in [2.24, 2.45) is 0 Å². The molecule has 0 amide bonds. The van der Waals surface area contributed by atoms with Crippen LogP contribution in [-0.2, 0) is 5.41 Å². The molecule has 2 heterocycles. The Balaban J connectivity index is 0.941. The van der Waals surface area contributed by atoms with Crippen LogP contribution in [0.5, 0.6) is 0 Å². The summed E-state index contributed by atoms with van der Waals surface area (Å²) in [5.74, 6) is 0. The summed E-state index contributed by atoms with van der Waals surface area (Å²) in [5, 5.41) is 10.3. The van der Waals surface area contributed by atoms with Gasteiger partial charge in [-0.15, -0.1) is 0 Å². The van der Waals surface area contributed by atoms with Gasteiger partial charge in [0.1, 0.15) is 0 Å². The minimum Gasteiger partial charge on any atom is -0.309 e. The Labute approximate surface area is 443 Å². The van der Waals surface area contributed by atoms with Crippen molar-refractivity contribution in [2.45, 2.75) is 5.41 Å². The second kappa shape index (κ2) is 17.6. The van der Waals surface area contributed by atoms with Crippen molar-refractivity contribution in [3.8, 4) is 33.6 Å². The summed E-state index contributed by atoms with van der Waals surface area (Å²) in [6.07, 6.45) is 0. The van der Waals surface area contributed by atoms with E-state index < -0.39 is 13.5 Å². The van der Waals surface area contributed by atoms with Gasteiger partial charge in [-0.1, -0.05) is 261 Å². The Kier molecular flexibility index (Phi) is 10.2. The Bertz CT molecular complexity index is 4350. The maximum Gasteiger partial charge on any atom is 0.179 e. The smallest absolute Gasteiger partial charge is 0.179 e. The Morgan fingerprint density at radius 1 is 0.289 bits per heavy atom. The molecule has 0 aliphatic heterocycles. The first kappa shape index (κ1) is 44.0. The van der Waals surface area contributed by atoms with Gasteiger partial charge in [0, 0.05) is 32.8 Å². The fourth-order valence-corrected chi connectivity index (χ4v) is 18.3. The van der Waals surface area contributed by atoms with Crippen LogP contribution in [0.15, 0.2) is 303 Å². The summed E-state index contributed by atoms with van der Waals surface area (Å²) in [4.78, 5) is 0. The molecule has 0 saturated carbocycles. The maximum absolute atomic E-state index is 2.72. The number of aromatic nitrogens is 2. The van der Waals surface area contributed by atoms with E-state index in [0.29, 0.717) is 0 Å². The molecule has 2 nitrogen and oxygen atoms in total. The summed E-state index contributed by atoms with van der Waals surface area (Å²) in [6.45, 7) is 0. The lowest BCUT2D eigenvalue weighted by molar-refractivity contribution is 0.768. The predicted octanol–water partition coefficient (Wildman–Crippen LogP) is 15.3. The fourth-order valence-electron chi connectivity index (χ4n) is 13.5. The van der Waals surface area contributed by atoms with E-state index in [-0.39, 0.29) is 0 Å². The molecule has 15 rings (SSSR count). The number of rotatable bonds is 9. The molecule has 0 saturated heterocycles. The third kappa shape index (κ3) is 6.33. The van der Waals surface area contributed by atoms with Crippen LogP contribution >= 0.6 is 0 Å². The van der Waals surface area contributed by atoms with Crippen LogP contribution in [0, 0.1) is 0 Å². The van der Waals surface area contributed by atoms with Gasteiger partial charge in [-0.25, -0.2) is 0 Å². The minimum atomic E-state index is -2.72. The van der Waals surface area contributed by atoms with Gasteiger partial charge in [0.25, 0.3) is 0 Å². The number of hydrogen-bond acceptors (Lipinski definition) is 0. The second-order valence-corrected chi connectivity index (χ2v) is 24.1. The van der Waals surface area contributed by atoms with Crippen LogP contribution in [0.3, 0.4) is 0 Å².